The van der Waals surface area contributed by atoms with Crippen molar-refractivity contribution in [2.45, 2.75) is 26.9 Å². The summed E-state index contributed by atoms with van der Waals surface area (Å²) in [6.45, 7) is 10.2. The Morgan fingerprint density at radius 3 is 2.52 bits per heavy atom. The van der Waals surface area contributed by atoms with Gasteiger partial charge in [0.2, 0.25) is 0 Å². The maximum absolute atomic E-state index is 5.53. The zero-order valence-electron chi connectivity index (χ0n) is 18.9. The maximum atomic E-state index is 5.53. The molecule has 1 N–H and O–H groups in total. The summed E-state index contributed by atoms with van der Waals surface area (Å²) in [5, 5.41) is 3.43. The van der Waals surface area contributed by atoms with E-state index >= 15 is 0 Å². The summed E-state index contributed by atoms with van der Waals surface area (Å²) in [4.78, 5) is 14.2. The zero-order valence-corrected chi connectivity index (χ0v) is 21.3. The van der Waals surface area contributed by atoms with Gasteiger partial charge in [0.05, 0.1) is 26.5 Å². The Morgan fingerprint density at radius 1 is 1.10 bits per heavy atom. The van der Waals surface area contributed by atoms with E-state index in [2.05, 4.69) is 33.1 Å². The third-order valence-electron chi connectivity index (χ3n) is 5.23. The molecule has 0 amide bonds. The molecule has 0 bridgehead atoms. The molecular formula is C23H34IN5O2. The van der Waals surface area contributed by atoms with Gasteiger partial charge in [0.25, 0.3) is 0 Å². The lowest BCUT2D eigenvalue weighted by Gasteiger charge is -2.36. The van der Waals surface area contributed by atoms with E-state index in [0.29, 0.717) is 6.54 Å². The molecule has 0 atom stereocenters. The quantitative estimate of drug-likeness (QED) is 0.331. The summed E-state index contributed by atoms with van der Waals surface area (Å²) in [5.41, 5.74) is 3.17. The lowest BCUT2D eigenvalue weighted by atomic mass is 10.1. The van der Waals surface area contributed by atoms with E-state index in [1.165, 1.54) is 0 Å². The van der Waals surface area contributed by atoms with E-state index in [1.807, 2.05) is 37.3 Å². The first-order valence-electron chi connectivity index (χ1n) is 10.5. The first kappa shape index (κ1) is 25.2. The van der Waals surface area contributed by atoms with Gasteiger partial charge in [-0.15, -0.1) is 24.0 Å². The topological polar surface area (TPSA) is 62.2 Å². The summed E-state index contributed by atoms with van der Waals surface area (Å²) < 4.78 is 10.9. The van der Waals surface area contributed by atoms with Crippen LogP contribution in [0.25, 0.3) is 0 Å². The Bertz CT molecular complexity index is 854. The minimum absolute atomic E-state index is 0. The smallest absolute Gasteiger partial charge is 0.194 e. The van der Waals surface area contributed by atoms with E-state index in [0.717, 1.165) is 73.7 Å². The van der Waals surface area contributed by atoms with Gasteiger partial charge in [-0.3, -0.25) is 9.88 Å². The predicted octanol–water partition coefficient (Wildman–Crippen LogP) is 3.31. The van der Waals surface area contributed by atoms with Gasteiger partial charge in [0.1, 0.15) is 11.5 Å². The molecule has 1 fully saturated rings. The Kier molecular flexibility index (Phi) is 10.3. The highest BCUT2D eigenvalue weighted by molar-refractivity contribution is 14.0. The van der Waals surface area contributed by atoms with Crippen molar-refractivity contribution in [2.24, 2.45) is 4.99 Å². The Labute approximate surface area is 202 Å². The highest BCUT2D eigenvalue weighted by Crippen LogP contribution is 2.25. The number of aryl methyl sites for hydroxylation is 1. The van der Waals surface area contributed by atoms with Gasteiger partial charge in [-0.1, -0.05) is 6.07 Å². The van der Waals surface area contributed by atoms with Gasteiger partial charge >= 0.3 is 0 Å². The SMILES string of the molecule is CCNC(=NCc1cccc(C)n1)N1CCN(Cc2cc(OC)ccc2OC)CC1.I. The van der Waals surface area contributed by atoms with Crippen LogP contribution in [-0.4, -0.2) is 67.7 Å². The predicted molar refractivity (Wildman–Crippen MR) is 136 cm³/mol. The molecule has 1 aromatic heterocycles. The number of nitrogens with one attached hydrogen (secondary N) is 1. The molecule has 1 aliphatic heterocycles. The third-order valence-corrected chi connectivity index (χ3v) is 5.23. The lowest BCUT2D eigenvalue weighted by Crippen LogP contribution is -2.52. The van der Waals surface area contributed by atoms with Crippen molar-refractivity contribution < 1.29 is 9.47 Å². The number of guanidine groups is 1. The molecular weight excluding hydrogens is 505 g/mol. The molecule has 8 heteroatoms. The van der Waals surface area contributed by atoms with Crippen molar-refractivity contribution >= 4 is 29.9 Å². The van der Waals surface area contributed by atoms with Crippen molar-refractivity contribution in [1.29, 1.82) is 0 Å². The van der Waals surface area contributed by atoms with Crippen LogP contribution in [0.5, 0.6) is 11.5 Å². The number of halogens is 1. The van der Waals surface area contributed by atoms with Crippen molar-refractivity contribution in [2.75, 3.05) is 46.9 Å². The number of benzene rings is 1. The number of ether oxygens (including phenoxy) is 2. The summed E-state index contributed by atoms with van der Waals surface area (Å²) in [6, 6.07) is 12.0. The molecule has 1 aliphatic rings. The fourth-order valence-corrected chi connectivity index (χ4v) is 3.63. The lowest BCUT2D eigenvalue weighted by molar-refractivity contribution is 0.171. The van der Waals surface area contributed by atoms with E-state index in [4.69, 9.17) is 14.5 Å². The second-order valence-electron chi connectivity index (χ2n) is 7.38. The fraction of sp³-hybridized carbons (Fsp3) is 0.478. The van der Waals surface area contributed by atoms with Gasteiger partial charge in [-0.05, 0) is 44.2 Å². The number of rotatable bonds is 7. The van der Waals surface area contributed by atoms with Gasteiger partial charge in [-0.2, -0.15) is 0 Å². The molecule has 3 rings (SSSR count). The van der Waals surface area contributed by atoms with Crippen LogP contribution in [0.3, 0.4) is 0 Å². The first-order valence-corrected chi connectivity index (χ1v) is 10.5. The van der Waals surface area contributed by atoms with Crippen LogP contribution < -0.4 is 14.8 Å². The monoisotopic (exact) mass is 539 g/mol. The molecule has 0 spiro atoms. The molecule has 1 aromatic carbocycles. The van der Waals surface area contributed by atoms with Crippen LogP contribution in [0.2, 0.25) is 0 Å². The van der Waals surface area contributed by atoms with E-state index in [9.17, 15) is 0 Å². The molecule has 1 saturated heterocycles. The molecule has 0 unspecified atom stereocenters. The van der Waals surface area contributed by atoms with E-state index in [1.54, 1.807) is 14.2 Å². The van der Waals surface area contributed by atoms with Crippen LogP contribution in [0.4, 0.5) is 0 Å². The van der Waals surface area contributed by atoms with Gasteiger partial charge in [0.15, 0.2) is 5.96 Å². The molecule has 2 heterocycles. The third kappa shape index (κ3) is 7.24. The number of hydrogen-bond acceptors (Lipinski definition) is 5. The summed E-state index contributed by atoms with van der Waals surface area (Å²) in [5.74, 6) is 2.72. The number of piperazine rings is 1. The summed E-state index contributed by atoms with van der Waals surface area (Å²) >= 11 is 0. The molecule has 31 heavy (non-hydrogen) atoms. The minimum atomic E-state index is 0. The Hall–Kier alpha value is -2.07. The van der Waals surface area contributed by atoms with Gasteiger partial charge in [0, 0.05) is 50.5 Å². The second-order valence-corrected chi connectivity index (χ2v) is 7.38. The van der Waals surface area contributed by atoms with Gasteiger partial charge < -0.3 is 19.7 Å². The number of pyridine rings is 1. The van der Waals surface area contributed by atoms with E-state index < -0.39 is 0 Å². The van der Waals surface area contributed by atoms with Crippen LogP contribution in [0.1, 0.15) is 23.9 Å². The van der Waals surface area contributed by atoms with Crippen LogP contribution in [0, 0.1) is 6.92 Å². The molecule has 0 aliphatic carbocycles. The van der Waals surface area contributed by atoms with Crippen molar-refractivity contribution in [3.8, 4) is 11.5 Å². The normalized spacial score (nSPS) is 14.7. The largest absolute Gasteiger partial charge is 0.497 e. The Balaban J connectivity index is 0.00000341. The molecule has 0 saturated carbocycles. The van der Waals surface area contributed by atoms with Crippen LogP contribution in [0.15, 0.2) is 41.4 Å². The number of methoxy groups -OCH3 is 2. The average Bonchev–Trinajstić information content (AvgIpc) is 2.77. The van der Waals surface area contributed by atoms with Crippen molar-refractivity contribution in [1.82, 2.24) is 20.1 Å². The highest BCUT2D eigenvalue weighted by Gasteiger charge is 2.21. The first-order chi connectivity index (χ1) is 14.6. The molecule has 7 nitrogen and oxygen atoms in total. The van der Waals surface area contributed by atoms with Crippen LogP contribution >= 0.6 is 24.0 Å². The van der Waals surface area contributed by atoms with Crippen molar-refractivity contribution in [3.63, 3.8) is 0 Å². The second kappa shape index (κ2) is 12.7. The number of nitrogens with zero attached hydrogens (tertiary/aromatic N) is 4. The number of hydrogen-bond donors (Lipinski definition) is 1. The molecule has 0 radical (unpaired) electrons. The number of aliphatic imine (C=N–C) groups is 1. The van der Waals surface area contributed by atoms with Crippen molar-refractivity contribution in [3.05, 3.63) is 53.3 Å². The molecule has 2 aromatic rings. The fourth-order valence-electron chi connectivity index (χ4n) is 3.63. The zero-order chi connectivity index (χ0) is 21.3. The highest BCUT2D eigenvalue weighted by atomic mass is 127. The van der Waals surface area contributed by atoms with E-state index in [-0.39, 0.29) is 24.0 Å². The number of aromatic nitrogens is 1. The van der Waals surface area contributed by atoms with Gasteiger partial charge in [-0.25, -0.2) is 4.99 Å². The molecule has 170 valence electrons. The maximum Gasteiger partial charge on any atom is 0.194 e. The standard InChI is InChI=1S/C23H33N5O2.HI/c1-5-24-23(25-16-20-8-6-7-18(2)26-20)28-13-11-27(12-14-28)17-19-15-21(29-3)9-10-22(19)30-4;/h6-10,15H,5,11-14,16-17H2,1-4H3,(H,24,25);1H. The van der Waals surface area contributed by atoms with Crippen LogP contribution in [-0.2, 0) is 13.1 Å². The Morgan fingerprint density at radius 2 is 1.87 bits per heavy atom. The average molecular weight is 539 g/mol. The summed E-state index contributed by atoms with van der Waals surface area (Å²) in [6.07, 6.45) is 0. The minimum Gasteiger partial charge on any atom is -0.497 e. The summed E-state index contributed by atoms with van der Waals surface area (Å²) in [7, 11) is 3.41.